The molecule has 4 nitrogen and oxygen atoms in total. The van der Waals surface area contributed by atoms with Gasteiger partial charge in [0.1, 0.15) is 11.8 Å². The summed E-state index contributed by atoms with van der Waals surface area (Å²) in [4.78, 5) is 9.35. The van der Waals surface area contributed by atoms with Crippen molar-refractivity contribution in [2.75, 3.05) is 31.1 Å². The summed E-state index contributed by atoms with van der Waals surface area (Å²) >= 11 is 0. The number of nitrogens with zero attached hydrogens (tertiary/aromatic N) is 4. The van der Waals surface area contributed by atoms with Crippen molar-refractivity contribution >= 4 is 5.69 Å². The Hall–Kier alpha value is -1.60. The van der Waals surface area contributed by atoms with E-state index in [4.69, 9.17) is 5.26 Å². The molecule has 0 N–H and O–H groups in total. The predicted molar refractivity (Wildman–Crippen MR) is 84.2 cm³/mol. The first-order chi connectivity index (χ1) is 10.4. The Labute approximate surface area is 127 Å². The molecule has 0 spiro atoms. The molecular formula is C17H24N4. The molecule has 0 saturated carbocycles. The SMILES string of the molecule is N#Cc1ccc(N2CCC[C@@H](N3CCCCCC3)C2)cn1. The van der Waals surface area contributed by atoms with Gasteiger partial charge in [0.05, 0.1) is 11.9 Å². The molecule has 0 bridgehead atoms. The van der Waals surface area contributed by atoms with E-state index >= 15 is 0 Å². The van der Waals surface area contributed by atoms with E-state index in [2.05, 4.69) is 20.9 Å². The first-order valence-corrected chi connectivity index (χ1v) is 8.22. The van der Waals surface area contributed by atoms with E-state index in [1.165, 1.54) is 51.6 Å². The third-order valence-corrected chi connectivity index (χ3v) is 4.78. The third-order valence-electron chi connectivity index (χ3n) is 4.78. The van der Waals surface area contributed by atoms with Crippen molar-refractivity contribution in [3.05, 3.63) is 24.0 Å². The van der Waals surface area contributed by atoms with Gasteiger partial charge in [-0.1, -0.05) is 12.8 Å². The van der Waals surface area contributed by atoms with Crippen molar-refractivity contribution < 1.29 is 0 Å². The monoisotopic (exact) mass is 284 g/mol. The Bertz CT molecular complexity index is 483. The number of anilines is 1. The van der Waals surface area contributed by atoms with E-state index in [1.54, 1.807) is 0 Å². The van der Waals surface area contributed by atoms with Crippen molar-refractivity contribution in [1.82, 2.24) is 9.88 Å². The number of hydrogen-bond donors (Lipinski definition) is 0. The Morgan fingerprint density at radius 1 is 1.05 bits per heavy atom. The highest BCUT2D eigenvalue weighted by Gasteiger charge is 2.25. The summed E-state index contributed by atoms with van der Waals surface area (Å²) in [5.41, 5.74) is 1.66. The molecule has 0 amide bonds. The second-order valence-electron chi connectivity index (χ2n) is 6.21. The number of piperidine rings is 1. The number of likely N-dealkylation sites (tertiary alicyclic amines) is 1. The van der Waals surface area contributed by atoms with Crippen LogP contribution in [0.2, 0.25) is 0 Å². The van der Waals surface area contributed by atoms with Gasteiger partial charge in [0, 0.05) is 19.1 Å². The first-order valence-electron chi connectivity index (χ1n) is 8.22. The Morgan fingerprint density at radius 2 is 1.86 bits per heavy atom. The van der Waals surface area contributed by atoms with Crippen LogP contribution in [-0.2, 0) is 0 Å². The number of nitriles is 1. The summed E-state index contributed by atoms with van der Waals surface area (Å²) in [5, 5.41) is 8.84. The summed E-state index contributed by atoms with van der Waals surface area (Å²) in [6, 6.07) is 6.64. The van der Waals surface area contributed by atoms with Gasteiger partial charge in [0.2, 0.25) is 0 Å². The predicted octanol–water partition coefficient (Wildman–Crippen LogP) is 2.80. The molecule has 21 heavy (non-hydrogen) atoms. The van der Waals surface area contributed by atoms with Gasteiger partial charge in [-0.15, -0.1) is 0 Å². The summed E-state index contributed by atoms with van der Waals surface area (Å²) < 4.78 is 0. The van der Waals surface area contributed by atoms with Crippen LogP contribution >= 0.6 is 0 Å². The standard InChI is InChI=1S/C17H24N4/c18-12-15-7-8-16(13-19-15)21-11-5-6-17(14-21)20-9-3-1-2-4-10-20/h7-8,13,17H,1-6,9-11,14H2/t17-/m1/s1. The zero-order chi connectivity index (χ0) is 14.5. The molecule has 0 radical (unpaired) electrons. The van der Waals surface area contributed by atoms with Crippen LogP contribution in [0.5, 0.6) is 0 Å². The average molecular weight is 284 g/mol. The molecule has 2 saturated heterocycles. The lowest BCUT2D eigenvalue weighted by Crippen LogP contribution is -2.48. The summed E-state index contributed by atoms with van der Waals surface area (Å²) in [5.74, 6) is 0. The minimum Gasteiger partial charge on any atom is -0.369 e. The van der Waals surface area contributed by atoms with Crippen LogP contribution in [-0.4, -0.2) is 42.1 Å². The van der Waals surface area contributed by atoms with E-state index in [0.29, 0.717) is 11.7 Å². The van der Waals surface area contributed by atoms with E-state index < -0.39 is 0 Å². The van der Waals surface area contributed by atoms with Gasteiger partial charge in [-0.25, -0.2) is 4.98 Å². The maximum absolute atomic E-state index is 8.84. The number of aromatic nitrogens is 1. The second-order valence-corrected chi connectivity index (χ2v) is 6.21. The van der Waals surface area contributed by atoms with E-state index in [-0.39, 0.29) is 0 Å². The topological polar surface area (TPSA) is 43.2 Å². The molecule has 112 valence electrons. The molecule has 2 aliphatic heterocycles. The van der Waals surface area contributed by atoms with Crippen LogP contribution in [0.3, 0.4) is 0 Å². The van der Waals surface area contributed by atoms with Gasteiger partial charge in [0.15, 0.2) is 0 Å². The van der Waals surface area contributed by atoms with Crippen molar-refractivity contribution in [1.29, 1.82) is 5.26 Å². The highest BCUT2D eigenvalue weighted by atomic mass is 15.2. The fourth-order valence-corrected chi connectivity index (χ4v) is 3.59. The van der Waals surface area contributed by atoms with Gasteiger partial charge in [-0.2, -0.15) is 5.26 Å². The van der Waals surface area contributed by atoms with E-state index in [1.807, 2.05) is 18.3 Å². The fraction of sp³-hybridized carbons (Fsp3) is 0.647. The van der Waals surface area contributed by atoms with Crippen LogP contribution < -0.4 is 4.90 Å². The van der Waals surface area contributed by atoms with Crippen LogP contribution in [0.4, 0.5) is 5.69 Å². The minimum atomic E-state index is 0.500. The maximum atomic E-state index is 8.84. The molecule has 2 fully saturated rings. The van der Waals surface area contributed by atoms with Gasteiger partial charge < -0.3 is 4.90 Å². The lowest BCUT2D eigenvalue weighted by atomic mass is 10.0. The number of rotatable bonds is 2. The van der Waals surface area contributed by atoms with Crippen molar-refractivity contribution in [3.63, 3.8) is 0 Å². The second kappa shape index (κ2) is 6.91. The molecule has 0 aliphatic carbocycles. The molecule has 1 atom stereocenters. The number of pyridine rings is 1. The van der Waals surface area contributed by atoms with Crippen molar-refractivity contribution in [2.24, 2.45) is 0 Å². The van der Waals surface area contributed by atoms with E-state index in [0.717, 1.165) is 18.8 Å². The molecule has 3 rings (SSSR count). The third kappa shape index (κ3) is 3.54. The van der Waals surface area contributed by atoms with Gasteiger partial charge in [-0.3, -0.25) is 4.90 Å². The molecule has 4 heteroatoms. The molecule has 1 aromatic heterocycles. The zero-order valence-corrected chi connectivity index (χ0v) is 12.7. The molecular weight excluding hydrogens is 260 g/mol. The summed E-state index contributed by atoms with van der Waals surface area (Å²) in [6.07, 6.45) is 9.92. The van der Waals surface area contributed by atoms with Gasteiger partial charge in [-0.05, 0) is 50.9 Å². The molecule has 2 aliphatic rings. The minimum absolute atomic E-state index is 0.500. The zero-order valence-electron chi connectivity index (χ0n) is 12.7. The Morgan fingerprint density at radius 3 is 2.52 bits per heavy atom. The molecule has 0 unspecified atom stereocenters. The number of hydrogen-bond acceptors (Lipinski definition) is 4. The molecule has 1 aromatic rings. The highest BCUT2D eigenvalue weighted by Crippen LogP contribution is 2.24. The van der Waals surface area contributed by atoms with Gasteiger partial charge >= 0.3 is 0 Å². The average Bonchev–Trinajstić information content (AvgIpc) is 2.84. The quantitative estimate of drug-likeness (QED) is 0.837. The summed E-state index contributed by atoms with van der Waals surface area (Å²) in [6.45, 7) is 4.75. The lowest BCUT2D eigenvalue weighted by molar-refractivity contribution is 0.182. The van der Waals surface area contributed by atoms with Crippen LogP contribution in [0, 0.1) is 11.3 Å². The highest BCUT2D eigenvalue weighted by molar-refractivity contribution is 5.46. The first kappa shape index (κ1) is 14.3. The van der Waals surface area contributed by atoms with Crippen molar-refractivity contribution in [3.8, 4) is 6.07 Å². The largest absolute Gasteiger partial charge is 0.369 e. The van der Waals surface area contributed by atoms with Crippen LogP contribution in [0.25, 0.3) is 0 Å². The van der Waals surface area contributed by atoms with E-state index in [9.17, 15) is 0 Å². The Kier molecular flexibility index (Phi) is 4.72. The normalized spacial score (nSPS) is 24.3. The molecule has 3 heterocycles. The fourth-order valence-electron chi connectivity index (χ4n) is 3.59. The van der Waals surface area contributed by atoms with Crippen molar-refractivity contribution in [2.45, 2.75) is 44.6 Å². The summed E-state index contributed by atoms with van der Waals surface area (Å²) in [7, 11) is 0. The Balaban J connectivity index is 1.65. The van der Waals surface area contributed by atoms with Gasteiger partial charge in [0.25, 0.3) is 0 Å². The molecule has 0 aromatic carbocycles. The maximum Gasteiger partial charge on any atom is 0.140 e. The van der Waals surface area contributed by atoms with Crippen LogP contribution in [0.1, 0.15) is 44.2 Å². The smallest absolute Gasteiger partial charge is 0.140 e. The van der Waals surface area contributed by atoms with Crippen LogP contribution in [0.15, 0.2) is 18.3 Å². The lowest BCUT2D eigenvalue weighted by Gasteiger charge is -2.40.